The first kappa shape index (κ1) is 20.0. The quantitative estimate of drug-likeness (QED) is 0.418. The Kier molecular flexibility index (Phi) is 4.98. The number of aromatic nitrogens is 1. The minimum absolute atomic E-state index is 0.0889. The zero-order valence-corrected chi connectivity index (χ0v) is 17.9. The lowest BCUT2D eigenvalue weighted by atomic mass is 9.82. The van der Waals surface area contributed by atoms with Gasteiger partial charge in [-0.25, -0.2) is 4.79 Å². The van der Waals surface area contributed by atoms with Crippen LogP contribution in [0.2, 0.25) is 0 Å². The van der Waals surface area contributed by atoms with E-state index in [9.17, 15) is 9.90 Å². The summed E-state index contributed by atoms with van der Waals surface area (Å²) in [6, 6.07) is 22.7. The van der Waals surface area contributed by atoms with Crippen LogP contribution in [0.4, 0.5) is 0 Å². The third kappa shape index (κ3) is 3.76. The molecule has 152 valence electrons. The normalized spacial score (nSPS) is 11.7. The number of hydrogen-bond acceptors (Lipinski definition) is 1. The Labute approximate surface area is 177 Å². The number of fused-ring (bicyclic) bond motifs is 1. The van der Waals surface area contributed by atoms with Crippen molar-refractivity contribution < 1.29 is 9.90 Å². The van der Waals surface area contributed by atoms with E-state index in [1.54, 1.807) is 12.1 Å². The van der Waals surface area contributed by atoms with Crippen LogP contribution in [-0.2, 0) is 12.0 Å². The van der Waals surface area contributed by atoms with Crippen LogP contribution in [0.1, 0.15) is 47.8 Å². The van der Waals surface area contributed by atoms with Crippen LogP contribution in [0.5, 0.6) is 0 Å². The van der Waals surface area contributed by atoms with E-state index in [0.29, 0.717) is 5.56 Å². The third-order valence-corrected chi connectivity index (χ3v) is 5.68. The summed E-state index contributed by atoms with van der Waals surface area (Å²) in [5, 5.41) is 10.3. The molecule has 0 amide bonds. The van der Waals surface area contributed by atoms with Gasteiger partial charge in [-0.1, -0.05) is 69.3 Å². The first-order chi connectivity index (χ1) is 14.2. The number of nitrogens with zero attached hydrogens (tertiary/aromatic N) is 1. The van der Waals surface area contributed by atoms with Crippen LogP contribution in [-0.4, -0.2) is 15.6 Å². The van der Waals surface area contributed by atoms with Crippen LogP contribution in [0.3, 0.4) is 0 Å². The first-order valence-electron chi connectivity index (χ1n) is 10.3. The van der Waals surface area contributed by atoms with Crippen molar-refractivity contribution in [2.24, 2.45) is 0 Å². The SMILES string of the molecule is Cc1cn(Cc2ccc(-c3ccccc3C(C)(C)C)cc2)c2ccc(C(=O)O)cc12. The number of benzene rings is 3. The van der Waals surface area contributed by atoms with Gasteiger partial charge in [-0.2, -0.15) is 0 Å². The molecular formula is C27H27NO2. The summed E-state index contributed by atoms with van der Waals surface area (Å²) in [6.07, 6.45) is 2.10. The molecule has 1 aromatic heterocycles. The Morgan fingerprint density at radius 1 is 0.967 bits per heavy atom. The molecule has 0 aliphatic rings. The molecule has 0 radical (unpaired) electrons. The molecule has 3 nitrogen and oxygen atoms in total. The highest BCUT2D eigenvalue weighted by molar-refractivity contribution is 5.94. The van der Waals surface area contributed by atoms with Gasteiger partial charge in [0.1, 0.15) is 0 Å². The Bertz CT molecular complexity index is 1220. The van der Waals surface area contributed by atoms with Crippen molar-refractivity contribution in [1.29, 1.82) is 0 Å². The van der Waals surface area contributed by atoms with Gasteiger partial charge in [0.25, 0.3) is 0 Å². The van der Waals surface area contributed by atoms with Crippen molar-refractivity contribution in [3.8, 4) is 11.1 Å². The Morgan fingerprint density at radius 2 is 1.67 bits per heavy atom. The van der Waals surface area contributed by atoms with Gasteiger partial charge in [0.2, 0.25) is 0 Å². The summed E-state index contributed by atoms with van der Waals surface area (Å²) in [7, 11) is 0. The third-order valence-electron chi connectivity index (χ3n) is 5.68. The van der Waals surface area contributed by atoms with Gasteiger partial charge in [0, 0.05) is 23.6 Å². The monoisotopic (exact) mass is 397 g/mol. The topological polar surface area (TPSA) is 42.2 Å². The van der Waals surface area contributed by atoms with Gasteiger partial charge in [-0.05, 0) is 58.4 Å². The maximum atomic E-state index is 11.3. The fraction of sp³-hybridized carbons (Fsp3) is 0.222. The number of aromatic carboxylic acids is 1. The molecule has 0 fully saturated rings. The second-order valence-corrected chi connectivity index (χ2v) is 8.97. The molecule has 0 atom stereocenters. The molecule has 0 saturated carbocycles. The highest BCUT2D eigenvalue weighted by Crippen LogP contribution is 2.33. The summed E-state index contributed by atoms with van der Waals surface area (Å²) in [4.78, 5) is 11.3. The van der Waals surface area contributed by atoms with Crippen molar-refractivity contribution in [1.82, 2.24) is 4.57 Å². The zero-order chi connectivity index (χ0) is 21.5. The number of carboxylic acid groups (broad SMARTS) is 1. The van der Waals surface area contributed by atoms with Gasteiger partial charge >= 0.3 is 5.97 Å². The highest BCUT2D eigenvalue weighted by Gasteiger charge is 2.18. The van der Waals surface area contributed by atoms with Gasteiger partial charge in [-0.15, -0.1) is 0 Å². The molecule has 0 aliphatic heterocycles. The van der Waals surface area contributed by atoms with E-state index >= 15 is 0 Å². The van der Waals surface area contributed by atoms with Crippen molar-refractivity contribution in [3.05, 3.63) is 95.2 Å². The molecule has 3 aromatic carbocycles. The van der Waals surface area contributed by atoms with E-state index < -0.39 is 5.97 Å². The highest BCUT2D eigenvalue weighted by atomic mass is 16.4. The van der Waals surface area contributed by atoms with E-state index in [1.165, 1.54) is 22.3 Å². The lowest BCUT2D eigenvalue weighted by Crippen LogP contribution is -2.12. The average Bonchev–Trinajstić information content (AvgIpc) is 3.03. The Morgan fingerprint density at radius 3 is 2.33 bits per heavy atom. The van der Waals surface area contributed by atoms with E-state index in [4.69, 9.17) is 0 Å². The molecule has 0 spiro atoms. The first-order valence-corrected chi connectivity index (χ1v) is 10.3. The van der Waals surface area contributed by atoms with E-state index in [1.807, 2.05) is 13.0 Å². The van der Waals surface area contributed by atoms with Crippen LogP contribution >= 0.6 is 0 Å². The van der Waals surface area contributed by atoms with E-state index in [0.717, 1.165) is 23.0 Å². The lowest BCUT2D eigenvalue weighted by molar-refractivity contribution is 0.0697. The summed E-state index contributed by atoms with van der Waals surface area (Å²) >= 11 is 0. The Hall–Kier alpha value is -3.33. The molecule has 0 aliphatic carbocycles. The van der Waals surface area contributed by atoms with Crippen molar-refractivity contribution in [2.75, 3.05) is 0 Å². The van der Waals surface area contributed by atoms with Crippen LogP contribution in [0, 0.1) is 6.92 Å². The second kappa shape index (κ2) is 7.49. The molecule has 3 heteroatoms. The fourth-order valence-electron chi connectivity index (χ4n) is 4.11. The lowest BCUT2D eigenvalue weighted by Gasteiger charge is -2.23. The molecule has 4 rings (SSSR count). The molecule has 4 aromatic rings. The van der Waals surface area contributed by atoms with E-state index in [-0.39, 0.29) is 5.41 Å². The molecule has 30 heavy (non-hydrogen) atoms. The minimum Gasteiger partial charge on any atom is -0.478 e. The van der Waals surface area contributed by atoms with Crippen LogP contribution in [0.15, 0.2) is 72.9 Å². The number of aryl methyl sites for hydroxylation is 1. The molecule has 0 unspecified atom stereocenters. The predicted octanol–water partition coefficient (Wildman–Crippen LogP) is 6.66. The number of carboxylic acids is 1. The summed E-state index contributed by atoms with van der Waals surface area (Å²) in [6.45, 7) is 9.51. The maximum absolute atomic E-state index is 11.3. The largest absolute Gasteiger partial charge is 0.478 e. The van der Waals surface area contributed by atoms with E-state index in [2.05, 4.69) is 80.1 Å². The number of hydrogen-bond donors (Lipinski definition) is 1. The maximum Gasteiger partial charge on any atom is 0.335 e. The van der Waals surface area contributed by atoms with Crippen LogP contribution < -0.4 is 0 Å². The van der Waals surface area contributed by atoms with Crippen molar-refractivity contribution >= 4 is 16.9 Å². The molecule has 0 saturated heterocycles. The van der Waals surface area contributed by atoms with Crippen LogP contribution in [0.25, 0.3) is 22.0 Å². The van der Waals surface area contributed by atoms with Crippen molar-refractivity contribution in [2.45, 2.75) is 39.7 Å². The molecule has 1 N–H and O–H groups in total. The number of carbonyl (C=O) groups is 1. The summed E-state index contributed by atoms with van der Waals surface area (Å²) in [5.41, 5.74) is 7.62. The van der Waals surface area contributed by atoms with Gasteiger partial charge in [-0.3, -0.25) is 0 Å². The fourth-order valence-corrected chi connectivity index (χ4v) is 4.11. The van der Waals surface area contributed by atoms with Crippen molar-refractivity contribution in [3.63, 3.8) is 0 Å². The summed E-state index contributed by atoms with van der Waals surface area (Å²) < 4.78 is 2.19. The smallest absolute Gasteiger partial charge is 0.335 e. The summed E-state index contributed by atoms with van der Waals surface area (Å²) in [5.74, 6) is -0.893. The van der Waals surface area contributed by atoms with Gasteiger partial charge in [0.15, 0.2) is 0 Å². The second-order valence-electron chi connectivity index (χ2n) is 8.97. The van der Waals surface area contributed by atoms with Gasteiger partial charge in [0.05, 0.1) is 5.56 Å². The Balaban J connectivity index is 1.65. The molecular weight excluding hydrogens is 370 g/mol. The minimum atomic E-state index is -0.893. The molecule has 1 heterocycles. The predicted molar refractivity (Wildman–Crippen MR) is 123 cm³/mol. The molecule has 0 bridgehead atoms. The zero-order valence-electron chi connectivity index (χ0n) is 17.9. The van der Waals surface area contributed by atoms with Gasteiger partial charge < -0.3 is 9.67 Å². The average molecular weight is 398 g/mol. The number of rotatable bonds is 4. The standard InChI is InChI=1S/C27H27NO2/c1-18-16-28(25-14-13-21(26(29)30)15-23(18)25)17-19-9-11-20(12-10-19)22-7-5-6-8-24(22)27(2,3)4/h5-16H,17H2,1-4H3,(H,29,30).